The largest absolute Gasteiger partial charge is 0.573 e. The van der Waals surface area contributed by atoms with Crippen LogP contribution in [0.15, 0.2) is 58.4 Å². The van der Waals surface area contributed by atoms with E-state index in [1.54, 1.807) is 24.4 Å². The Labute approximate surface area is 181 Å². The van der Waals surface area contributed by atoms with Gasteiger partial charge < -0.3 is 4.74 Å². The van der Waals surface area contributed by atoms with Crippen LogP contribution in [0.5, 0.6) is 5.75 Å². The fourth-order valence-electron chi connectivity index (χ4n) is 3.51. The van der Waals surface area contributed by atoms with E-state index in [4.69, 9.17) is 0 Å². The minimum absolute atomic E-state index is 0.100. The molecule has 0 atom stereocenters. The zero-order valence-electron chi connectivity index (χ0n) is 16.8. The van der Waals surface area contributed by atoms with E-state index in [9.17, 15) is 26.4 Å². The van der Waals surface area contributed by atoms with Gasteiger partial charge in [-0.25, -0.2) is 17.9 Å². The van der Waals surface area contributed by atoms with Crippen molar-refractivity contribution < 1.29 is 26.3 Å². The summed E-state index contributed by atoms with van der Waals surface area (Å²) in [7, 11) is -3.84. The number of sulfonamides is 1. The molecule has 0 unspecified atom stereocenters. The van der Waals surface area contributed by atoms with E-state index in [1.165, 1.54) is 13.4 Å². The van der Waals surface area contributed by atoms with Gasteiger partial charge in [0.2, 0.25) is 10.0 Å². The summed E-state index contributed by atoms with van der Waals surface area (Å²) >= 11 is 0. The number of benzene rings is 1. The summed E-state index contributed by atoms with van der Waals surface area (Å²) in [6.07, 6.45) is -3.20. The van der Waals surface area contributed by atoms with Crippen molar-refractivity contribution in [3.8, 4) is 5.75 Å². The van der Waals surface area contributed by atoms with Gasteiger partial charge in [-0.05, 0) is 36.4 Å². The number of halogens is 3. The third-order valence-corrected chi connectivity index (χ3v) is 7.06. The molecule has 9 nitrogen and oxygen atoms in total. The molecule has 13 heteroatoms. The van der Waals surface area contributed by atoms with E-state index in [1.807, 2.05) is 4.90 Å². The molecular formula is C19H20F3N5O4S. The van der Waals surface area contributed by atoms with Crippen LogP contribution in [0.25, 0.3) is 5.65 Å². The molecule has 0 bridgehead atoms. The van der Waals surface area contributed by atoms with Crippen molar-refractivity contribution >= 4 is 15.7 Å². The molecule has 0 aliphatic carbocycles. The molecular weight excluding hydrogens is 451 g/mol. The summed E-state index contributed by atoms with van der Waals surface area (Å²) in [5.41, 5.74) is 0.319. The van der Waals surface area contributed by atoms with Crippen molar-refractivity contribution in [2.75, 3.05) is 32.7 Å². The van der Waals surface area contributed by atoms with E-state index in [0.29, 0.717) is 31.8 Å². The summed E-state index contributed by atoms with van der Waals surface area (Å²) in [5.74, 6) is -0.483. The van der Waals surface area contributed by atoms with Crippen molar-refractivity contribution in [3.05, 3.63) is 59.1 Å². The standard InChI is InChI=1S/C19H20F3N5O4S/c20-19(21,22)31-15-4-6-16(7-5-15)32(29,30)25-12-9-24(10-13-25)11-14-27-18(28)26-8-2-1-3-17(26)23-27/h1-8H,9-14H2. The Kier molecular flexibility index (Phi) is 5.97. The zero-order chi connectivity index (χ0) is 22.9. The molecule has 3 aromatic rings. The van der Waals surface area contributed by atoms with Crippen molar-refractivity contribution in [2.45, 2.75) is 17.8 Å². The van der Waals surface area contributed by atoms with Crippen LogP contribution in [0.2, 0.25) is 0 Å². The van der Waals surface area contributed by atoms with Gasteiger partial charge in [-0.15, -0.1) is 18.3 Å². The zero-order valence-corrected chi connectivity index (χ0v) is 17.6. The number of ether oxygens (including phenoxy) is 1. The summed E-state index contributed by atoms with van der Waals surface area (Å²) < 4.78 is 70.3. The maximum atomic E-state index is 12.8. The van der Waals surface area contributed by atoms with E-state index in [0.717, 1.165) is 24.3 Å². The highest BCUT2D eigenvalue weighted by Gasteiger charge is 2.32. The van der Waals surface area contributed by atoms with Crippen LogP contribution in [0.4, 0.5) is 13.2 Å². The monoisotopic (exact) mass is 471 g/mol. The van der Waals surface area contributed by atoms with Gasteiger partial charge in [0.1, 0.15) is 5.75 Å². The second-order valence-electron chi connectivity index (χ2n) is 7.20. The first-order valence-corrected chi connectivity index (χ1v) is 11.2. The van der Waals surface area contributed by atoms with Gasteiger partial charge in [-0.2, -0.15) is 4.31 Å². The second kappa shape index (κ2) is 8.56. The fraction of sp³-hybridized carbons (Fsp3) is 0.368. The Morgan fingerprint density at radius 2 is 1.66 bits per heavy atom. The lowest BCUT2D eigenvalue weighted by atomic mass is 10.3. The molecule has 1 fully saturated rings. The van der Waals surface area contributed by atoms with Crippen LogP contribution < -0.4 is 10.4 Å². The van der Waals surface area contributed by atoms with Crippen molar-refractivity contribution in [3.63, 3.8) is 0 Å². The maximum Gasteiger partial charge on any atom is 0.573 e. The second-order valence-corrected chi connectivity index (χ2v) is 9.14. The Morgan fingerprint density at radius 3 is 2.28 bits per heavy atom. The van der Waals surface area contributed by atoms with Gasteiger partial charge in [0, 0.05) is 38.9 Å². The Balaban J connectivity index is 1.34. The van der Waals surface area contributed by atoms with Crippen LogP contribution in [0.3, 0.4) is 0 Å². The molecule has 0 radical (unpaired) electrons. The number of hydrogen-bond acceptors (Lipinski definition) is 6. The molecule has 0 N–H and O–H groups in total. The smallest absolute Gasteiger partial charge is 0.406 e. The Morgan fingerprint density at radius 1 is 0.969 bits per heavy atom. The number of rotatable bonds is 6. The van der Waals surface area contributed by atoms with Crippen LogP contribution in [-0.4, -0.2) is 70.9 Å². The molecule has 1 saturated heterocycles. The predicted octanol–water partition coefficient (Wildman–Crippen LogP) is 1.40. The first-order chi connectivity index (χ1) is 15.1. The minimum atomic E-state index is -4.84. The average molecular weight is 471 g/mol. The highest BCUT2D eigenvalue weighted by Crippen LogP contribution is 2.25. The maximum absolute atomic E-state index is 12.8. The first-order valence-electron chi connectivity index (χ1n) is 9.76. The molecule has 0 spiro atoms. The molecule has 32 heavy (non-hydrogen) atoms. The van der Waals surface area contributed by atoms with Crippen LogP contribution >= 0.6 is 0 Å². The van der Waals surface area contributed by atoms with Crippen LogP contribution in [-0.2, 0) is 16.6 Å². The SMILES string of the molecule is O=c1n(CCN2CCN(S(=O)(=O)c3ccc(OC(F)(F)F)cc3)CC2)nc2ccccn12. The van der Waals surface area contributed by atoms with Crippen LogP contribution in [0, 0.1) is 0 Å². The summed E-state index contributed by atoms with van der Waals surface area (Å²) in [4.78, 5) is 14.3. The quantitative estimate of drug-likeness (QED) is 0.540. The van der Waals surface area contributed by atoms with Gasteiger partial charge in [0.05, 0.1) is 11.4 Å². The molecule has 172 valence electrons. The normalized spacial score (nSPS) is 16.5. The highest BCUT2D eigenvalue weighted by atomic mass is 32.2. The molecule has 0 amide bonds. The van der Waals surface area contributed by atoms with Gasteiger partial charge in [-0.1, -0.05) is 6.07 Å². The third-order valence-electron chi connectivity index (χ3n) is 5.14. The van der Waals surface area contributed by atoms with E-state index < -0.39 is 22.1 Å². The lowest BCUT2D eigenvalue weighted by molar-refractivity contribution is -0.274. The van der Waals surface area contributed by atoms with Crippen LogP contribution in [0.1, 0.15) is 0 Å². The molecule has 3 heterocycles. The van der Waals surface area contributed by atoms with Gasteiger partial charge in [0.15, 0.2) is 5.65 Å². The molecule has 4 rings (SSSR count). The van der Waals surface area contributed by atoms with Crippen molar-refractivity contribution in [1.29, 1.82) is 0 Å². The van der Waals surface area contributed by atoms with Gasteiger partial charge in [-0.3, -0.25) is 9.30 Å². The summed E-state index contributed by atoms with van der Waals surface area (Å²) in [5, 5.41) is 4.27. The average Bonchev–Trinajstić information content (AvgIpc) is 3.08. The number of alkyl halides is 3. The number of fused-ring (bicyclic) bond motifs is 1. The molecule has 1 aromatic carbocycles. The Hall–Kier alpha value is -2.90. The lowest BCUT2D eigenvalue weighted by Crippen LogP contribution is -2.49. The summed E-state index contributed by atoms with van der Waals surface area (Å²) in [6.45, 7) is 2.26. The molecule has 0 saturated carbocycles. The Bertz CT molecular complexity index is 1250. The van der Waals surface area contributed by atoms with E-state index >= 15 is 0 Å². The van der Waals surface area contributed by atoms with Crippen molar-refractivity contribution in [2.24, 2.45) is 0 Å². The number of piperazine rings is 1. The highest BCUT2D eigenvalue weighted by molar-refractivity contribution is 7.89. The van der Waals surface area contributed by atoms with Gasteiger partial charge >= 0.3 is 12.1 Å². The van der Waals surface area contributed by atoms with Crippen molar-refractivity contribution in [1.82, 2.24) is 23.4 Å². The molecule has 1 aliphatic heterocycles. The van der Waals surface area contributed by atoms with E-state index in [-0.39, 0.29) is 23.7 Å². The van der Waals surface area contributed by atoms with Gasteiger partial charge in [0.25, 0.3) is 0 Å². The number of pyridine rings is 1. The predicted molar refractivity (Wildman–Crippen MR) is 108 cm³/mol. The first kappa shape index (κ1) is 22.3. The molecule has 2 aromatic heterocycles. The lowest BCUT2D eigenvalue weighted by Gasteiger charge is -2.33. The molecule has 1 aliphatic rings. The number of nitrogens with zero attached hydrogens (tertiary/aromatic N) is 5. The minimum Gasteiger partial charge on any atom is -0.406 e. The summed E-state index contributed by atoms with van der Waals surface area (Å²) in [6, 6.07) is 9.42. The topological polar surface area (TPSA) is 89.2 Å². The number of aromatic nitrogens is 3. The fourth-order valence-corrected chi connectivity index (χ4v) is 4.93. The third kappa shape index (κ3) is 4.79. The number of hydrogen-bond donors (Lipinski definition) is 0. The van der Waals surface area contributed by atoms with E-state index in [2.05, 4.69) is 9.84 Å².